The number of aliphatic hydroxyl groups is 1. The Morgan fingerprint density at radius 3 is 2.80 bits per heavy atom. The quantitative estimate of drug-likeness (QED) is 0.594. The smallest absolute Gasteiger partial charge is 0.338 e. The third-order valence-electron chi connectivity index (χ3n) is 5.13. The molecule has 0 aliphatic carbocycles. The molecule has 3 aromatic rings. The fraction of sp³-hybridized carbons (Fsp3) is 0.286. The van der Waals surface area contributed by atoms with Crippen molar-refractivity contribution in [2.24, 2.45) is 0 Å². The van der Waals surface area contributed by atoms with Gasteiger partial charge in [-0.05, 0) is 31.0 Å². The second kappa shape index (κ2) is 8.02. The van der Waals surface area contributed by atoms with E-state index in [4.69, 9.17) is 10.00 Å². The lowest BCUT2D eigenvalue weighted by atomic mass is 9.95. The lowest BCUT2D eigenvalue weighted by molar-refractivity contribution is 0.0535. The summed E-state index contributed by atoms with van der Waals surface area (Å²) in [4.78, 5) is 20.2. The normalized spacial score (nSPS) is 13.6. The van der Waals surface area contributed by atoms with E-state index in [1.807, 2.05) is 13.0 Å². The number of carbonyl (C=O) groups is 1. The highest BCUT2D eigenvalue weighted by atomic mass is 16.5. The first-order chi connectivity index (χ1) is 14.5. The molecule has 1 aliphatic rings. The molecule has 2 N–H and O–H groups in total. The van der Waals surface area contributed by atoms with Gasteiger partial charge in [0.2, 0.25) is 5.95 Å². The molecule has 9 nitrogen and oxygen atoms in total. The molecule has 1 aromatic carbocycles. The maximum absolute atomic E-state index is 11.6. The third-order valence-corrected chi connectivity index (χ3v) is 5.13. The molecule has 1 atom stereocenters. The van der Waals surface area contributed by atoms with Gasteiger partial charge in [0, 0.05) is 48.4 Å². The van der Waals surface area contributed by atoms with E-state index in [-0.39, 0.29) is 12.6 Å². The predicted octanol–water partition coefficient (Wildman–Crippen LogP) is 1.64. The molecule has 2 aromatic heterocycles. The molecule has 3 heterocycles. The number of nitriles is 1. The summed E-state index contributed by atoms with van der Waals surface area (Å²) in [5.41, 5.74) is 5.02. The number of aromatic nitrogens is 4. The number of ether oxygens (including phenoxy) is 1. The molecule has 4 rings (SSSR count). The van der Waals surface area contributed by atoms with Crippen LogP contribution in [0.1, 0.15) is 50.0 Å². The Bertz CT molecular complexity index is 1150. The first-order valence-corrected chi connectivity index (χ1v) is 9.44. The Kier molecular flexibility index (Phi) is 5.27. The van der Waals surface area contributed by atoms with Crippen LogP contribution in [0.3, 0.4) is 0 Å². The van der Waals surface area contributed by atoms with Crippen LogP contribution in [0.2, 0.25) is 0 Å². The van der Waals surface area contributed by atoms with Gasteiger partial charge in [-0.25, -0.2) is 19.4 Å². The van der Waals surface area contributed by atoms with Gasteiger partial charge in [-0.2, -0.15) is 10.4 Å². The van der Waals surface area contributed by atoms with E-state index in [0.717, 1.165) is 27.8 Å². The molecule has 0 spiro atoms. The first kappa shape index (κ1) is 19.7. The molecule has 1 aliphatic heterocycles. The molecule has 0 bridgehead atoms. The number of esters is 1. The van der Waals surface area contributed by atoms with E-state index in [1.165, 1.54) is 4.68 Å². The largest absolute Gasteiger partial charge is 0.457 e. The number of rotatable bonds is 6. The molecule has 0 unspecified atom stereocenters. The standard InChI is InChI=1S/C21H20N6O3/c1-12-10-27(26-18(12)5-22)21-24-7-14(8-25-21)6-23-9-19(28)15-3-4-16-17(13(15)2)11-30-20(16)29/h3-4,7-8,10,19,23,28H,6,9,11H2,1-2H3/t19-/m0/s1. The van der Waals surface area contributed by atoms with Crippen LogP contribution in [-0.4, -0.2) is 37.4 Å². The Labute approximate surface area is 173 Å². The lowest BCUT2D eigenvalue weighted by Crippen LogP contribution is -2.22. The summed E-state index contributed by atoms with van der Waals surface area (Å²) in [5.74, 6) is 0.0683. The maximum Gasteiger partial charge on any atom is 0.338 e. The average molecular weight is 404 g/mol. The molecule has 0 amide bonds. The van der Waals surface area contributed by atoms with E-state index in [1.54, 1.807) is 37.6 Å². The highest BCUT2D eigenvalue weighted by Crippen LogP contribution is 2.28. The Morgan fingerprint density at radius 1 is 1.33 bits per heavy atom. The minimum atomic E-state index is -0.720. The zero-order valence-electron chi connectivity index (χ0n) is 16.6. The summed E-state index contributed by atoms with van der Waals surface area (Å²) in [5, 5.41) is 26.9. The lowest BCUT2D eigenvalue weighted by Gasteiger charge is -2.16. The number of aliphatic hydroxyl groups excluding tert-OH is 1. The van der Waals surface area contributed by atoms with Crippen molar-refractivity contribution in [2.75, 3.05) is 6.54 Å². The van der Waals surface area contributed by atoms with Crippen molar-refractivity contribution in [2.45, 2.75) is 33.1 Å². The molecular weight excluding hydrogens is 384 g/mol. The van der Waals surface area contributed by atoms with Gasteiger partial charge in [0.1, 0.15) is 12.7 Å². The van der Waals surface area contributed by atoms with E-state index in [9.17, 15) is 9.90 Å². The van der Waals surface area contributed by atoms with E-state index in [2.05, 4.69) is 20.4 Å². The van der Waals surface area contributed by atoms with Crippen molar-refractivity contribution in [1.82, 2.24) is 25.1 Å². The number of carbonyl (C=O) groups excluding carboxylic acids is 1. The van der Waals surface area contributed by atoms with Crippen LogP contribution in [0.15, 0.2) is 30.7 Å². The van der Waals surface area contributed by atoms with Gasteiger partial charge in [0.05, 0.1) is 11.7 Å². The zero-order chi connectivity index (χ0) is 21.3. The van der Waals surface area contributed by atoms with Gasteiger partial charge in [-0.15, -0.1) is 0 Å². The molecule has 0 fully saturated rings. The van der Waals surface area contributed by atoms with Crippen molar-refractivity contribution in [3.8, 4) is 12.0 Å². The number of hydrogen-bond donors (Lipinski definition) is 2. The van der Waals surface area contributed by atoms with Crippen LogP contribution in [0, 0.1) is 25.2 Å². The van der Waals surface area contributed by atoms with Gasteiger partial charge in [0.25, 0.3) is 0 Å². The second-order valence-electron chi connectivity index (χ2n) is 7.14. The minimum absolute atomic E-state index is 0.253. The Balaban J connectivity index is 1.36. The SMILES string of the molecule is Cc1cn(-c2ncc(CNC[C@H](O)c3ccc4c(c3C)COC4=O)cn2)nc1C#N. The summed E-state index contributed by atoms with van der Waals surface area (Å²) in [6.07, 6.45) is 4.34. The zero-order valence-corrected chi connectivity index (χ0v) is 16.6. The number of fused-ring (bicyclic) bond motifs is 1. The third kappa shape index (κ3) is 3.66. The molecule has 0 radical (unpaired) electrons. The van der Waals surface area contributed by atoms with Crippen LogP contribution in [0.25, 0.3) is 5.95 Å². The highest BCUT2D eigenvalue weighted by Gasteiger charge is 2.25. The van der Waals surface area contributed by atoms with Crippen molar-refractivity contribution in [3.63, 3.8) is 0 Å². The molecule has 0 saturated heterocycles. The molecule has 0 saturated carbocycles. The number of nitrogens with one attached hydrogen (secondary N) is 1. The summed E-state index contributed by atoms with van der Waals surface area (Å²) in [7, 11) is 0. The maximum atomic E-state index is 11.6. The summed E-state index contributed by atoms with van der Waals surface area (Å²) in [6.45, 7) is 4.76. The van der Waals surface area contributed by atoms with E-state index < -0.39 is 6.10 Å². The molecular formula is C21H20N6O3. The van der Waals surface area contributed by atoms with Crippen LogP contribution in [0.5, 0.6) is 0 Å². The predicted molar refractivity (Wildman–Crippen MR) is 106 cm³/mol. The molecule has 30 heavy (non-hydrogen) atoms. The van der Waals surface area contributed by atoms with Gasteiger partial charge in [0.15, 0.2) is 5.69 Å². The number of hydrogen-bond acceptors (Lipinski definition) is 8. The molecule has 152 valence electrons. The number of aryl methyl sites for hydroxylation is 1. The number of benzene rings is 1. The van der Waals surface area contributed by atoms with Gasteiger partial charge in [-0.1, -0.05) is 6.07 Å². The van der Waals surface area contributed by atoms with Crippen LogP contribution >= 0.6 is 0 Å². The van der Waals surface area contributed by atoms with Crippen molar-refractivity contribution >= 4 is 5.97 Å². The fourth-order valence-electron chi connectivity index (χ4n) is 3.42. The highest BCUT2D eigenvalue weighted by molar-refractivity contribution is 5.93. The monoisotopic (exact) mass is 404 g/mol. The minimum Gasteiger partial charge on any atom is -0.457 e. The topological polar surface area (TPSA) is 126 Å². The second-order valence-corrected chi connectivity index (χ2v) is 7.14. The van der Waals surface area contributed by atoms with E-state index >= 15 is 0 Å². The van der Waals surface area contributed by atoms with Crippen molar-refractivity contribution < 1.29 is 14.6 Å². The average Bonchev–Trinajstić information content (AvgIpc) is 3.31. The summed E-state index contributed by atoms with van der Waals surface area (Å²) in [6, 6.07) is 5.50. The van der Waals surface area contributed by atoms with Crippen LogP contribution in [0.4, 0.5) is 0 Å². The van der Waals surface area contributed by atoms with Gasteiger partial charge >= 0.3 is 5.97 Å². The number of cyclic esters (lactones) is 1. The van der Waals surface area contributed by atoms with Crippen molar-refractivity contribution in [1.29, 1.82) is 5.26 Å². The van der Waals surface area contributed by atoms with Gasteiger partial charge < -0.3 is 15.2 Å². The Hall–Kier alpha value is -3.61. The molecule has 9 heteroatoms. The summed E-state index contributed by atoms with van der Waals surface area (Å²) < 4.78 is 6.53. The van der Waals surface area contributed by atoms with Crippen molar-refractivity contribution in [3.05, 3.63) is 69.8 Å². The van der Waals surface area contributed by atoms with Gasteiger partial charge in [-0.3, -0.25) is 0 Å². The Morgan fingerprint density at radius 2 is 2.10 bits per heavy atom. The fourth-order valence-corrected chi connectivity index (χ4v) is 3.42. The number of nitrogens with zero attached hydrogens (tertiary/aromatic N) is 5. The van der Waals surface area contributed by atoms with Crippen LogP contribution in [-0.2, 0) is 17.9 Å². The van der Waals surface area contributed by atoms with E-state index in [0.29, 0.717) is 30.3 Å². The first-order valence-electron chi connectivity index (χ1n) is 9.44. The summed E-state index contributed by atoms with van der Waals surface area (Å²) >= 11 is 0. The van der Waals surface area contributed by atoms with Crippen LogP contribution < -0.4 is 5.32 Å².